The molecule has 0 radical (unpaired) electrons. The van der Waals surface area contributed by atoms with E-state index in [1.54, 1.807) is 20.3 Å². The van der Waals surface area contributed by atoms with Crippen LogP contribution in [0, 0.1) is 0 Å². The molecule has 194 valence electrons. The summed E-state index contributed by atoms with van der Waals surface area (Å²) in [6.45, 7) is 3.22. The minimum Gasteiger partial charge on any atom is -0.508 e. The summed E-state index contributed by atoms with van der Waals surface area (Å²) < 4.78 is 10.8. The Kier molecular flexibility index (Phi) is 7.97. The van der Waals surface area contributed by atoms with E-state index in [1.807, 2.05) is 66.7 Å². The first-order valence-electron chi connectivity index (χ1n) is 12.6. The van der Waals surface area contributed by atoms with Gasteiger partial charge in [-0.25, -0.2) is 0 Å². The second-order valence-electron chi connectivity index (χ2n) is 9.33. The van der Waals surface area contributed by atoms with Crippen LogP contribution in [0.5, 0.6) is 17.2 Å². The Morgan fingerprint density at radius 1 is 0.763 bits per heavy atom. The maximum absolute atomic E-state index is 10.7. The smallest absolute Gasteiger partial charge is 0.161 e. The SMILES string of the molecule is COc1ccc(C=Cc2ccc(O)c(CN3Cc4cccc(n4)CNCc4cccc(n4)C3)c2)cc1OC. The highest BCUT2D eigenvalue weighted by Gasteiger charge is 2.14. The van der Waals surface area contributed by atoms with Crippen molar-refractivity contribution in [1.29, 1.82) is 0 Å². The Morgan fingerprint density at radius 3 is 1.97 bits per heavy atom. The molecular formula is C31H32N4O3. The van der Waals surface area contributed by atoms with E-state index >= 15 is 0 Å². The van der Waals surface area contributed by atoms with Crippen molar-refractivity contribution in [1.82, 2.24) is 20.2 Å². The summed E-state index contributed by atoms with van der Waals surface area (Å²) in [7, 11) is 3.25. The van der Waals surface area contributed by atoms with Crippen LogP contribution in [0.1, 0.15) is 39.5 Å². The van der Waals surface area contributed by atoms with Gasteiger partial charge in [-0.05, 0) is 59.7 Å². The van der Waals surface area contributed by atoms with E-state index < -0.39 is 0 Å². The number of aromatic nitrogens is 2. The molecule has 0 fully saturated rings. The van der Waals surface area contributed by atoms with Gasteiger partial charge in [0.2, 0.25) is 0 Å². The molecule has 4 aromatic rings. The fourth-order valence-electron chi connectivity index (χ4n) is 4.60. The Hall–Kier alpha value is -4.20. The predicted octanol–water partition coefficient (Wildman–Crippen LogP) is 5.18. The molecule has 2 aromatic heterocycles. The monoisotopic (exact) mass is 508 g/mol. The van der Waals surface area contributed by atoms with Crippen molar-refractivity contribution in [3.8, 4) is 17.2 Å². The second-order valence-corrected chi connectivity index (χ2v) is 9.33. The van der Waals surface area contributed by atoms with E-state index in [9.17, 15) is 5.11 Å². The number of ether oxygens (including phenoxy) is 2. The van der Waals surface area contributed by atoms with E-state index in [0.29, 0.717) is 44.2 Å². The average Bonchev–Trinajstić information content (AvgIpc) is 2.93. The molecular weight excluding hydrogens is 476 g/mol. The van der Waals surface area contributed by atoms with Crippen LogP contribution in [0.15, 0.2) is 72.8 Å². The summed E-state index contributed by atoms with van der Waals surface area (Å²) >= 11 is 0. The van der Waals surface area contributed by atoms with Crippen molar-refractivity contribution < 1.29 is 14.6 Å². The molecule has 0 spiro atoms. The van der Waals surface area contributed by atoms with Crippen LogP contribution >= 0.6 is 0 Å². The van der Waals surface area contributed by atoms with Gasteiger partial charge in [0.1, 0.15) is 5.75 Å². The van der Waals surface area contributed by atoms with Gasteiger partial charge >= 0.3 is 0 Å². The third kappa shape index (κ3) is 6.37. The van der Waals surface area contributed by atoms with Gasteiger partial charge in [-0.1, -0.05) is 36.4 Å². The number of rotatable bonds is 6. The first-order valence-corrected chi connectivity index (χ1v) is 12.6. The number of phenolic OH excluding ortho intramolecular Hbond substituents is 1. The maximum atomic E-state index is 10.7. The van der Waals surface area contributed by atoms with Crippen molar-refractivity contribution in [3.05, 3.63) is 112 Å². The quantitative estimate of drug-likeness (QED) is 0.348. The van der Waals surface area contributed by atoms with Crippen molar-refractivity contribution in [2.45, 2.75) is 32.7 Å². The van der Waals surface area contributed by atoms with Crippen LogP contribution in [0.2, 0.25) is 0 Å². The Balaban J connectivity index is 1.40. The Morgan fingerprint density at radius 2 is 1.34 bits per heavy atom. The zero-order valence-electron chi connectivity index (χ0n) is 21.7. The molecule has 0 unspecified atom stereocenters. The van der Waals surface area contributed by atoms with Crippen LogP contribution in [0.25, 0.3) is 12.2 Å². The van der Waals surface area contributed by atoms with Crippen LogP contribution in [-0.4, -0.2) is 34.2 Å². The largest absolute Gasteiger partial charge is 0.508 e. The zero-order chi connectivity index (χ0) is 26.3. The lowest BCUT2D eigenvalue weighted by molar-refractivity contribution is 0.238. The van der Waals surface area contributed by atoms with Crippen LogP contribution in [0.3, 0.4) is 0 Å². The lowest BCUT2D eigenvalue weighted by Crippen LogP contribution is -2.25. The number of nitrogens with one attached hydrogen (secondary N) is 1. The number of hydrogen-bond acceptors (Lipinski definition) is 7. The van der Waals surface area contributed by atoms with Crippen LogP contribution in [0.4, 0.5) is 0 Å². The van der Waals surface area contributed by atoms with E-state index in [-0.39, 0.29) is 5.75 Å². The van der Waals surface area contributed by atoms with Gasteiger partial charge in [0.05, 0.1) is 37.0 Å². The van der Waals surface area contributed by atoms with Gasteiger partial charge in [-0.15, -0.1) is 0 Å². The molecule has 2 aromatic carbocycles. The first-order chi connectivity index (χ1) is 18.6. The molecule has 0 atom stereocenters. The molecule has 3 heterocycles. The Bertz CT molecular complexity index is 1390. The first kappa shape index (κ1) is 25.4. The van der Waals surface area contributed by atoms with Crippen LogP contribution in [-0.2, 0) is 32.7 Å². The van der Waals surface area contributed by atoms with E-state index in [0.717, 1.165) is 39.5 Å². The third-order valence-corrected chi connectivity index (χ3v) is 6.49. The topological polar surface area (TPSA) is 79.7 Å². The van der Waals surface area contributed by atoms with E-state index in [2.05, 4.69) is 22.3 Å². The molecule has 0 saturated heterocycles. The summed E-state index contributed by atoms with van der Waals surface area (Å²) in [4.78, 5) is 12.0. The maximum Gasteiger partial charge on any atom is 0.161 e. The van der Waals surface area contributed by atoms with Crippen molar-refractivity contribution in [3.63, 3.8) is 0 Å². The number of aromatic hydroxyl groups is 1. The summed E-state index contributed by atoms with van der Waals surface area (Å²) in [5.74, 6) is 1.65. The molecule has 4 bridgehead atoms. The standard InChI is InChI=1S/C31H32N4O3/c1-37-30-14-12-23(16-31(30)38-2)10-9-22-11-13-29(36)24(15-22)19-35-20-27-7-3-5-25(33-27)17-32-18-26-6-4-8-28(21-35)34-26/h3-16,32,36H,17-21H2,1-2H3. The fraction of sp³-hybridized carbons (Fsp3) is 0.226. The highest BCUT2D eigenvalue weighted by atomic mass is 16.5. The average molecular weight is 509 g/mol. The third-order valence-electron chi connectivity index (χ3n) is 6.49. The van der Waals surface area contributed by atoms with Gasteiger partial charge < -0.3 is 19.9 Å². The molecule has 0 saturated carbocycles. The number of methoxy groups -OCH3 is 2. The van der Waals surface area contributed by atoms with Crippen molar-refractivity contribution >= 4 is 12.2 Å². The molecule has 0 amide bonds. The molecule has 1 aliphatic rings. The van der Waals surface area contributed by atoms with Gasteiger partial charge in [0, 0.05) is 38.3 Å². The highest BCUT2D eigenvalue weighted by molar-refractivity contribution is 5.71. The van der Waals surface area contributed by atoms with E-state index in [4.69, 9.17) is 19.4 Å². The molecule has 7 nitrogen and oxygen atoms in total. The number of nitrogens with zero attached hydrogens (tertiary/aromatic N) is 3. The molecule has 1 aliphatic heterocycles. The molecule has 7 heteroatoms. The lowest BCUT2D eigenvalue weighted by atomic mass is 10.1. The molecule has 5 rings (SSSR count). The normalized spacial score (nSPS) is 14.1. The van der Waals surface area contributed by atoms with Gasteiger partial charge in [-0.2, -0.15) is 0 Å². The summed E-state index contributed by atoms with van der Waals surface area (Å²) in [6.07, 6.45) is 4.05. The highest BCUT2D eigenvalue weighted by Crippen LogP contribution is 2.29. The Labute approximate surface area is 223 Å². The number of phenols is 1. The fourth-order valence-corrected chi connectivity index (χ4v) is 4.60. The number of pyridine rings is 2. The van der Waals surface area contributed by atoms with Gasteiger partial charge in [0.15, 0.2) is 11.5 Å². The van der Waals surface area contributed by atoms with Gasteiger partial charge in [0.25, 0.3) is 0 Å². The minimum atomic E-state index is 0.270. The summed E-state index contributed by atoms with van der Waals surface area (Å²) in [6, 6.07) is 23.8. The molecule has 2 N–H and O–H groups in total. The summed E-state index contributed by atoms with van der Waals surface area (Å²) in [5.41, 5.74) is 6.82. The van der Waals surface area contributed by atoms with Gasteiger partial charge in [-0.3, -0.25) is 14.9 Å². The predicted molar refractivity (Wildman–Crippen MR) is 149 cm³/mol. The van der Waals surface area contributed by atoms with Crippen LogP contribution < -0.4 is 14.8 Å². The number of benzene rings is 2. The van der Waals surface area contributed by atoms with E-state index in [1.165, 1.54) is 0 Å². The number of fused-ring (bicyclic) bond motifs is 4. The summed E-state index contributed by atoms with van der Waals surface area (Å²) in [5, 5.41) is 14.2. The second kappa shape index (κ2) is 11.9. The lowest BCUT2D eigenvalue weighted by Gasteiger charge is -2.23. The molecule has 0 aliphatic carbocycles. The molecule has 38 heavy (non-hydrogen) atoms. The van der Waals surface area contributed by atoms with Crippen molar-refractivity contribution in [2.24, 2.45) is 0 Å². The minimum absolute atomic E-state index is 0.270. The van der Waals surface area contributed by atoms with Crippen molar-refractivity contribution in [2.75, 3.05) is 14.2 Å². The number of hydrogen-bond donors (Lipinski definition) is 2. The zero-order valence-corrected chi connectivity index (χ0v) is 21.7.